The maximum atomic E-state index is 12.3. The molecule has 0 aliphatic carbocycles. The Morgan fingerprint density at radius 2 is 1.96 bits per heavy atom. The molecule has 132 valence electrons. The van der Waals surface area contributed by atoms with Gasteiger partial charge in [0.25, 0.3) is 0 Å². The van der Waals surface area contributed by atoms with Gasteiger partial charge in [-0.15, -0.1) is 0 Å². The molecule has 1 fully saturated rings. The first-order chi connectivity index (χ1) is 11.6. The van der Waals surface area contributed by atoms with E-state index in [1.165, 1.54) is 17.9 Å². The number of hydrogen-bond donors (Lipinski definition) is 0. The molecule has 0 saturated carbocycles. The lowest BCUT2D eigenvalue weighted by atomic mass is 10.1. The van der Waals surface area contributed by atoms with E-state index in [1.54, 1.807) is 0 Å². The number of hydrogen-bond acceptors (Lipinski definition) is 3. The lowest BCUT2D eigenvalue weighted by Gasteiger charge is -2.43. The molecule has 0 bridgehead atoms. The van der Waals surface area contributed by atoms with Crippen molar-refractivity contribution in [3.63, 3.8) is 0 Å². The van der Waals surface area contributed by atoms with Crippen LogP contribution in [0.2, 0.25) is 0 Å². The fraction of sp³-hybridized carbons (Fsp3) is 0.550. The van der Waals surface area contributed by atoms with Gasteiger partial charge >= 0.3 is 0 Å². The minimum absolute atomic E-state index is 0.0479. The molecule has 0 aromatic heterocycles. The van der Waals surface area contributed by atoms with E-state index in [0.717, 1.165) is 32.5 Å². The topological polar surface area (TPSA) is 32.8 Å². The molecule has 2 atom stereocenters. The van der Waals surface area contributed by atoms with Crippen LogP contribution in [0.25, 0.3) is 0 Å². The Morgan fingerprint density at radius 1 is 1.21 bits per heavy atom. The largest absolute Gasteiger partial charge is 0.501 e. The van der Waals surface area contributed by atoms with Crippen LogP contribution in [0, 0.1) is 0 Å². The number of ether oxygens (including phenoxy) is 1. The third kappa shape index (κ3) is 5.38. The second-order valence-electron chi connectivity index (χ2n) is 6.53. The summed E-state index contributed by atoms with van der Waals surface area (Å²) >= 11 is 0. The van der Waals surface area contributed by atoms with Crippen molar-refractivity contribution < 1.29 is 9.53 Å². The standard InChI is InChI=1S/C20H30N2O2/c1-4-24-14-12-20(23)22-16-17(2)21(15-18(22)3)13-8-11-19-9-6-5-7-10-19/h5-7,9-10,12,14,17-18H,4,8,11,13,15-16H2,1-3H3/t17-,18+/m0/s1. The third-order valence-electron chi connectivity index (χ3n) is 4.63. The summed E-state index contributed by atoms with van der Waals surface area (Å²) in [7, 11) is 0. The van der Waals surface area contributed by atoms with Crippen molar-refractivity contribution in [3.8, 4) is 0 Å². The molecule has 1 amide bonds. The highest BCUT2D eigenvalue weighted by molar-refractivity contribution is 5.87. The maximum absolute atomic E-state index is 12.3. The van der Waals surface area contributed by atoms with E-state index in [-0.39, 0.29) is 11.9 Å². The Balaban J connectivity index is 1.80. The number of rotatable bonds is 7. The van der Waals surface area contributed by atoms with Crippen molar-refractivity contribution in [1.82, 2.24) is 9.80 Å². The van der Waals surface area contributed by atoms with E-state index < -0.39 is 0 Å². The number of amides is 1. The summed E-state index contributed by atoms with van der Waals surface area (Å²) in [4.78, 5) is 16.7. The predicted molar refractivity (Wildman–Crippen MR) is 97.7 cm³/mol. The van der Waals surface area contributed by atoms with Crippen molar-refractivity contribution in [2.24, 2.45) is 0 Å². The van der Waals surface area contributed by atoms with Crippen LogP contribution in [0.3, 0.4) is 0 Å². The first kappa shape index (κ1) is 18.5. The number of carbonyl (C=O) groups is 1. The van der Waals surface area contributed by atoms with Crippen LogP contribution in [0.15, 0.2) is 42.7 Å². The maximum Gasteiger partial charge on any atom is 0.249 e. The lowest BCUT2D eigenvalue weighted by molar-refractivity contribution is -0.131. The monoisotopic (exact) mass is 330 g/mol. The summed E-state index contributed by atoms with van der Waals surface area (Å²) in [5, 5.41) is 0. The van der Waals surface area contributed by atoms with Crippen molar-refractivity contribution >= 4 is 5.91 Å². The molecule has 0 unspecified atom stereocenters. The van der Waals surface area contributed by atoms with Gasteiger partial charge in [0, 0.05) is 31.2 Å². The summed E-state index contributed by atoms with van der Waals surface area (Å²) in [6.07, 6.45) is 5.31. The molecule has 1 aromatic rings. The number of carbonyl (C=O) groups excluding carboxylic acids is 1. The van der Waals surface area contributed by atoms with Crippen LogP contribution in [0.4, 0.5) is 0 Å². The molecule has 4 nitrogen and oxygen atoms in total. The molecule has 1 aromatic carbocycles. The van der Waals surface area contributed by atoms with Gasteiger partial charge in [-0.3, -0.25) is 9.69 Å². The van der Waals surface area contributed by atoms with Gasteiger partial charge in [-0.1, -0.05) is 30.3 Å². The fourth-order valence-electron chi connectivity index (χ4n) is 3.25. The molecule has 0 N–H and O–H groups in total. The summed E-state index contributed by atoms with van der Waals surface area (Å²) in [5.74, 6) is 0.0479. The minimum Gasteiger partial charge on any atom is -0.501 e. The van der Waals surface area contributed by atoms with Crippen molar-refractivity contribution in [3.05, 3.63) is 48.2 Å². The molecule has 1 heterocycles. The van der Waals surface area contributed by atoms with Gasteiger partial charge in [0.05, 0.1) is 12.9 Å². The average molecular weight is 330 g/mol. The first-order valence-electron chi connectivity index (χ1n) is 8.98. The number of piperazine rings is 1. The zero-order valence-electron chi connectivity index (χ0n) is 15.1. The Labute approximate surface area is 146 Å². The highest BCUT2D eigenvalue weighted by atomic mass is 16.5. The van der Waals surface area contributed by atoms with Crippen LogP contribution in [-0.2, 0) is 16.0 Å². The van der Waals surface area contributed by atoms with E-state index in [2.05, 4.69) is 49.1 Å². The molecule has 4 heteroatoms. The van der Waals surface area contributed by atoms with Crippen LogP contribution >= 0.6 is 0 Å². The van der Waals surface area contributed by atoms with Crippen LogP contribution in [-0.4, -0.2) is 54.0 Å². The highest BCUT2D eigenvalue weighted by Gasteiger charge is 2.30. The smallest absolute Gasteiger partial charge is 0.249 e. The first-order valence-corrected chi connectivity index (χ1v) is 8.98. The van der Waals surface area contributed by atoms with E-state index in [9.17, 15) is 4.79 Å². The zero-order valence-corrected chi connectivity index (χ0v) is 15.1. The Hall–Kier alpha value is -1.81. The molecular formula is C20H30N2O2. The quantitative estimate of drug-likeness (QED) is 0.569. The molecule has 0 spiro atoms. The van der Waals surface area contributed by atoms with Gasteiger partial charge in [0.1, 0.15) is 0 Å². The van der Waals surface area contributed by atoms with Crippen LogP contribution in [0.5, 0.6) is 0 Å². The van der Waals surface area contributed by atoms with Gasteiger partial charge in [0.2, 0.25) is 5.91 Å². The molecule has 24 heavy (non-hydrogen) atoms. The number of benzene rings is 1. The van der Waals surface area contributed by atoms with Gasteiger partial charge in [-0.25, -0.2) is 0 Å². The second-order valence-corrected chi connectivity index (χ2v) is 6.53. The summed E-state index contributed by atoms with van der Waals surface area (Å²) in [5.41, 5.74) is 1.40. The van der Waals surface area contributed by atoms with Gasteiger partial charge < -0.3 is 9.64 Å². The Bertz CT molecular complexity index is 530. The molecule has 2 rings (SSSR count). The van der Waals surface area contributed by atoms with E-state index >= 15 is 0 Å². The van der Waals surface area contributed by atoms with E-state index in [0.29, 0.717) is 12.6 Å². The lowest BCUT2D eigenvalue weighted by Crippen LogP contribution is -2.57. The SMILES string of the molecule is CCOC=CC(=O)N1C[C@H](C)N(CCCc2ccccc2)C[C@H]1C. The average Bonchev–Trinajstić information content (AvgIpc) is 2.58. The Kier molecular flexibility index (Phi) is 7.32. The van der Waals surface area contributed by atoms with Gasteiger partial charge in [0.15, 0.2) is 0 Å². The van der Waals surface area contributed by atoms with E-state index in [1.807, 2.05) is 11.8 Å². The fourth-order valence-corrected chi connectivity index (χ4v) is 3.25. The highest BCUT2D eigenvalue weighted by Crippen LogP contribution is 2.17. The summed E-state index contributed by atoms with van der Waals surface area (Å²) in [6, 6.07) is 11.3. The molecule has 0 radical (unpaired) electrons. The number of nitrogens with zero attached hydrogens (tertiary/aromatic N) is 2. The second kappa shape index (κ2) is 9.48. The number of aryl methyl sites for hydroxylation is 1. The third-order valence-corrected chi connectivity index (χ3v) is 4.63. The van der Waals surface area contributed by atoms with Gasteiger partial charge in [-0.05, 0) is 45.7 Å². The normalized spacial score (nSPS) is 22.0. The molecule has 1 aliphatic heterocycles. The van der Waals surface area contributed by atoms with Crippen molar-refractivity contribution in [2.45, 2.75) is 45.7 Å². The zero-order chi connectivity index (χ0) is 17.4. The van der Waals surface area contributed by atoms with E-state index in [4.69, 9.17) is 4.74 Å². The predicted octanol–water partition coefficient (Wildman–Crippen LogP) is 3.09. The molecular weight excluding hydrogens is 300 g/mol. The van der Waals surface area contributed by atoms with Crippen LogP contribution < -0.4 is 0 Å². The summed E-state index contributed by atoms with van der Waals surface area (Å²) < 4.78 is 5.13. The van der Waals surface area contributed by atoms with Crippen LogP contribution in [0.1, 0.15) is 32.8 Å². The minimum atomic E-state index is 0.0479. The Morgan fingerprint density at radius 3 is 2.67 bits per heavy atom. The summed E-state index contributed by atoms with van der Waals surface area (Å²) in [6.45, 7) is 9.63. The van der Waals surface area contributed by atoms with Crippen molar-refractivity contribution in [1.29, 1.82) is 0 Å². The van der Waals surface area contributed by atoms with Crippen molar-refractivity contribution in [2.75, 3.05) is 26.2 Å². The van der Waals surface area contributed by atoms with Gasteiger partial charge in [-0.2, -0.15) is 0 Å². The molecule has 1 aliphatic rings. The molecule has 1 saturated heterocycles.